The molecular formula is C14H19N3S. The molecule has 96 valence electrons. The molecule has 0 aliphatic carbocycles. The van der Waals surface area contributed by atoms with Crippen molar-refractivity contribution in [2.45, 2.75) is 20.0 Å². The van der Waals surface area contributed by atoms with Crippen LogP contribution >= 0.6 is 11.3 Å². The maximum Gasteiger partial charge on any atom is 0.0539 e. The van der Waals surface area contributed by atoms with E-state index in [4.69, 9.17) is 0 Å². The number of aromatic nitrogens is 2. The van der Waals surface area contributed by atoms with Gasteiger partial charge in [0.2, 0.25) is 0 Å². The molecule has 18 heavy (non-hydrogen) atoms. The van der Waals surface area contributed by atoms with E-state index < -0.39 is 0 Å². The van der Waals surface area contributed by atoms with E-state index in [1.54, 1.807) is 11.3 Å². The summed E-state index contributed by atoms with van der Waals surface area (Å²) in [4.78, 5) is 2.39. The van der Waals surface area contributed by atoms with Gasteiger partial charge in [0, 0.05) is 31.5 Å². The summed E-state index contributed by atoms with van der Waals surface area (Å²) in [6.07, 6.45) is 3.81. The Morgan fingerprint density at radius 3 is 3.00 bits per heavy atom. The second kappa shape index (κ2) is 6.52. The Bertz CT molecular complexity index is 473. The van der Waals surface area contributed by atoms with E-state index in [1.807, 2.05) is 23.0 Å². The predicted molar refractivity (Wildman–Crippen MR) is 76.8 cm³/mol. The summed E-state index contributed by atoms with van der Waals surface area (Å²) < 4.78 is 2.05. The minimum absolute atomic E-state index is 0.913. The van der Waals surface area contributed by atoms with Crippen LogP contribution in [0.25, 0.3) is 0 Å². The SMILES string of the molecule is C=CCN(CCn1nccc1C)Cc1ccsc1. The van der Waals surface area contributed by atoms with E-state index in [-0.39, 0.29) is 0 Å². The normalized spacial score (nSPS) is 11.0. The Labute approximate surface area is 112 Å². The van der Waals surface area contributed by atoms with Gasteiger partial charge in [-0.25, -0.2) is 0 Å². The fourth-order valence-corrected chi connectivity index (χ4v) is 2.59. The molecule has 0 spiro atoms. The third-order valence-electron chi connectivity index (χ3n) is 2.93. The Kier molecular flexibility index (Phi) is 4.73. The van der Waals surface area contributed by atoms with Crippen molar-refractivity contribution in [3.8, 4) is 0 Å². The number of hydrogen-bond acceptors (Lipinski definition) is 3. The van der Waals surface area contributed by atoms with E-state index in [9.17, 15) is 0 Å². The van der Waals surface area contributed by atoms with E-state index in [1.165, 1.54) is 11.3 Å². The van der Waals surface area contributed by atoms with Gasteiger partial charge in [-0.15, -0.1) is 6.58 Å². The van der Waals surface area contributed by atoms with Crippen LogP contribution in [-0.4, -0.2) is 27.8 Å². The Balaban J connectivity index is 1.90. The zero-order chi connectivity index (χ0) is 12.8. The number of rotatable bonds is 7. The van der Waals surface area contributed by atoms with Crippen molar-refractivity contribution in [3.63, 3.8) is 0 Å². The van der Waals surface area contributed by atoms with Crippen molar-refractivity contribution in [2.24, 2.45) is 0 Å². The van der Waals surface area contributed by atoms with Crippen LogP contribution in [0.2, 0.25) is 0 Å². The highest BCUT2D eigenvalue weighted by Crippen LogP contribution is 2.09. The molecule has 0 fully saturated rings. The van der Waals surface area contributed by atoms with Crippen LogP contribution in [0.15, 0.2) is 41.7 Å². The minimum Gasteiger partial charge on any atom is -0.294 e. The number of nitrogens with zero attached hydrogens (tertiary/aromatic N) is 3. The van der Waals surface area contributed by atoms with Gasteiger partial charge in [-0.2, -0.15) is 16.4 Å². The fraction of sp³-hybridized carbons (Fsp3) is 0.357. The summed E-state index contributed by atoms with van der Waals surface area (Å²) in [7, 11) is 0. The lowest BCUT2D eigenvalue weighted by Gasteiger charge is -2.20. The molecule has 0 amide bonds. The van der Waals surface area contributed by atoms with Gasteiger partial charge < -0.3 is 0 Å². The third kappa shape index (κ3) is 3.55. The zero-order valence-electron chi connectivity index (χ0n) is 10.7. The predicted octanol–water partition coefficient (Wildman–Crippen LogP) is 2.94. The first-order chi connectivity index (χ1) is 8.79. The van der Waals surface area contributed by atoms with Gasteiger partial charge in [0.1, 0.15) is 0 Å². The lowest BCUT2D eigenvalue weighted by molar-refractivity contribution is 0.276. The summed E-state index contributed by atoms with van der Waals surface area (Å²) in [5, 5.41) is 8.64. The van der Waals surface area contributed by atoms with Crippen LogP contribution in [0.3, 0.4) is 0 Å². The Morgan fingerprint density at radius 2 is 2.39 bits per heavy atom. The topological polar surface area (TPSA) is 21.1 Å². The van der Waals surface area contributed by atoms with Gasteiger partial charge >= 0.3 is 0 Å². The summed E-state index contributed by atoms with van der Waals surface area (Å²) >= 11 is 1.75. The van der Waals surface area contributed by atoms with Crippen LogP contribution in [0.1, 0.15) is 11.3 Å². The van der Waals surface area contributed by atoms with Crippen LogP contribution in [0.4, 0.5) is 0 Å². The average Bonchev–Trinajstić information content (AvgIpc) is 2.98. The molecule has 0 aromatic carbocycles. The van der Waals surface area contributed by atoms with Crippen molar-refractivity contribution in [1.82, 2.24) is 14.7 Å². The average molecular weight is 261 g/mol. The highest BCUT2D eigenvalue weighted by Gasteiger charge is 2.06. The Morgan fingerprint density at radius 1 is 1.50 bits per heavy atom. The molecule has 0 N–H and O–H groups in total. The first kappa shape index (κ1) is 13.1. The molecule has 4 heteroatoms. The Hall–Kier alpha value is -1.39. The molecule has 0 atom stereocenters. The molecule has 2 aromatic heterocycles. The van der Waals surface area contributed by atoms with Crippen molar-refractivity contribution in [1.29, 1.82) is 0 Å². The van der Waals surface area contributed by atoms with Crippen molar-refractivity contribution < 1.29 is 0 Å². The van der Waals surface area contributed by atoms with Crippen LogP contribution in [-0.2, 0) is 13.1 Å². The molecule has 2 rings (SSSR count). The standard InChI is InChI=1S/C14H19N3S/c1-3-7-16(11-14-5-10-18-12-14)8-9-17-13(2)4-6-15-17/h3-6,10,12H,1,7-9,11H2,2H3. The minimum atomic E-state index is 0.913. The molecule has 0 aliphatic rings. The molecule has 2 aromatic rings. The van der Waals surface area contributed by atoms with Crippen molar-refractivity contribution in [3.05, 3.63) is 53.0 Å². The maximum atomic E-state index is 4.31. The van der Waals surface area contributed by atoms with Gasteiger partial charge in [0.15, 0.2) is 0 Å². The van der Waals surface area contributed by atoms with Crippen LogP contribution in [0, 0.1) is 6.92 Å². The second-order valence-corrected chi connectivity index (χ2v) is 5.13. The lowest BCUT2D eigenvalue weighted by Crippen LogP contribution is -2.27. The van der Waals surface area contributed by atoms with Crippen LogP contribution < -0.4 is 0 Å². The number of hydrogen-bond donors (Lipinski definition) is 0. The monoisotopic (exact) mass is 261 g/mol. The maximum absolute atomic E-state index is 4.31. The highest BCUT2D eigenvalue weighted by atomic mass is 32.1. The summed E-state index contributed by atoms with van der Waals surface area (Å²) in [6, 6.07) is 4.22. The first-order valence-electron chi connectivity index (χ1n) is 6.12. The van der Waals surface area contributed by atoms with E-state index >= 15 is 0 Å². The molecule has 0 saturated heterocycles. The van der Waals surface area contributed by atoms with E-state index in [0.717, 1.165) is 26.2 Å². The van der Waals surface area contributed by atoms with E-state index in [2.05, 4.69) is 40.3 Å². The second-order valence-electron chi connectivity index (χ2n) is 4.35. The lowest BCUT2D eigenvalue weighted by atomic mass is 10.3. The summed E-state index contributed by atoms with van der Waals surface area (Å²) in [6.45, 7) is 9.73. The molecule has 0 bridgehead atoms. The van der Waals surface area contributed by atoms with E-state index in [0.29, 0.717) is 0 Å². The van der Waals surface area contributed by atoms with Crippen molar-refractivity contribution >= 4 is 11.3 Å². The van der Waals surface area contributed by atoms with Crippen molar-refractivity contribution in [2.75, 3.05) is 13.1 Å². The molecule has 0 radical (unpaired) electrons. The van der Waals surface area contributed by atoms with Gasteiger partial charge in [-0.3, -0.25) is 9.58 Å². The smallest absolute Gasteiger partial charge is 0.0539 e. The van der Waals surface area contributed by atoms with Gasteiger partial charge in [-0.1, -0.05) is 6.08 Å². The van der Waals surface area contributed by atoms with Gasteiger partial charge in [-0.05, 0) is 35.4 Å². The van der Waals surface area contributed by atoms with Gasteiger partial charge in [0.05, 0.1) is 6.54 Å². The highest BCUT2D eigenvalue weighted by molar-refractivity contribution is 7.07. The number of aryl methyl sites for hydroxylation is 1. The molecular weight excluding hydrogens is 242 g/mol. The zero-order valence-corrected chi connectivity index (χ0v) is 11.6. The summed E-state index contributed by atoms with van der Waals surface area (Å²) in [5.41, 5.74) is 2.59. The third-order valence-corrected chi connectivity index (χ3v) is 3.66. The molecule has 0 unspecified atom stereocenters. The molecule has 0 aliphatic heterocycles. The molecule has 2 heterocycles. The van der Waals surface area contributed by atoms with Gasteiger partial charge in [0.25, 0.3) is 0 Å². The van der Waals surface area contributed by atoms with Crippen LogP contribution in [0.5, 0.6) is 0 Å². The molecule has 3 nitrogen and oxygen atoms in total. The first-order valence-corrected chi connectivity index (χ1v) is 7.06. The number of thiophene rings is 1. The largest absolute Gasteiger partial charge is 0.294 e. The quantitative estimate of drug-likeness (QED) is 0.715. The fourth-order valence-electron chi connectivity index (χ4n) is 1.93. The summed E-state index contributed by atoms with van der Waals surface area (Å²) in [5.74, 6) is 0. The molecule has 0 saturated carbocycles.